The number of hydrogen-bond acceptors (Lipinski definition) is 3. The maximum Gasteiger partial charge on any atom is 0.172 e. The molecule has 0 unspecified atom stereocenters. The van der Waals surface area contributed by atoms with E-state index in [-0.39, 0.29) is 6.29 Å². The summed E-state index contributed by atoms with van der Waals surface area (Å²) in [6.45, 7) is 6.55. The molecule has 0 aliphatic carbocycles. The van der Waals surface area contributed by atoms with E-state index < -0.39 is 0 Å². The van der Waals surface area contributed by atoms with Crippen LogP contribution >= 0.6 is 0 Å². The summed E-state index contributed by atoms with van der Waals surface area (Å²) in [4.78, 5) is 0. The third-order valence-corrected chi connectivity index (χ3v) is 2.09. The van der Waals surface area contributed by atoms with Crippen LogP contribution in [0.15, 0.2) is 0 Å². The predicted molar refractivity (Wildman–Crippen MR) is 48.1 cm³/mol. The van der Waals surface area contributed by atoms with E-state index in [9.17, 15) is 0 Å². The smallest absolute Gasteiger partial charge is 0.172 e. The van der Waals surface area contributed by atoms with Crippen LogP contribution in [-0.4, -0.2) is 32.1 Å². The van der Waals surface area contributed by atoms with Gasteiger partial charge in [0.15, 0.2) is 6.29 Å². The van der Waals surface area contributed by atoms with Gasteiger partial charge in [0, 0.05) is 13.2 Å². The zero-order valence-corrected chi connectivity index (χ0v) is 8.01. The summed E-state index contributed by atoms with van der Waals surface area (Å²) < 4.78 is 11.0. The first-order valence-electron chi connectivity index (χ1n) is 4.85. The Bertz CT molecular complexity index is 107. The number of nitrogens with one attached hydrogen (secondary N) is 1. The molecule has 0 aromatic carbocycles. The first-order chi connectivity index (χ1) is 5.88. The van der Waals surface area contributed by atoms with Crippen molar-refractivity contribution in [2.24, 2.45) is 0 Å². The summed E-state index contributed by atoms with van der Waals surface area (Å²) in [6.07, 6.45) is 2.37. The van der Waals surface area contributed by atoms with Crippen LogP contribution in [0.4, 0.5) is 0 Å². The van der Waals surface area contributed by atoms with Crippen LogP contribution in [0.3, 0.4) is 0 Å². The van der Waals surface area contributed by atoms with Gasteiger partial charge in [0.05, 0.1) is 6.04 Å². The van der Waals surface area contributed by atoms with Crippen molar-refractivity contribution in [3.8, 4) is 0 Å². The van der Waals surface area contributed by atoms with E-state index in [0.717, 1.165) is 19.8 Å². The molecule has 3 heteroatoms. The van der Waals surface area contributed by atoms with E-state index >= 15 is 0 Å². The van der Waals surface area contributed by atoms with Crippen molar-refractivity contribution < 1.29 is 9.47 Å². The number of hydrogen-bond donors (Lipinski definition) is 1. The van der Waals surface area contributed by atoms with E-state index in [1.54, 1.807) is 0 Å². The highest BCUT2D eigenvalue weighted by atomic mass is 16.7. The first kappa shape index (κ1) is 9.96. The van der Waals surface area contributed by atoms with Crippen molar-refractivity contribution >= 4 is 0 Å². The first-order valence-corrected chi connectivity index (χ1v) is 4.85. The summed E-state index contributed by atoms with van der Waals surface area (Å²) in [5, 5.41) is 3.38. The standard InChI is InChI=1S/C9H19NO2/c1-3-11-9(12-4-2)8-6-5-7-10-8/h8-10H,3-7H2,1-2H3/t8-/m0/s1. The van der Waals surface area contributed by atoms with Crippen molar-refractivity contribution in [3.05, 3.63) is 0 Å². The average molecular weight is 173 g/mol. The fourth-order valence-corrected chi connectivity index (χ4v) is 1.55. The summed E-state index contributed by atoms with van der Waals surface area (Å²) in [5.74, 6) is 0. The molecule has 0 spiro atoms. The zero-order valence-electron chi connectivity index (χ0n) is 8.01. The maximum atomic E-state index is 5.48. The molecule has 1 N–H and O–H groups in total. The number of rotatable bonds is 5. The second kappa shape index (κ2) is 5.51. The molecule has 0 saturated carbocycles. The highest BCUT2D eigenvalue weighted by Crippen LogP contribution is 2.12. The molecule has 1 aliphatic rings. The SMILES string of the molecule is CCOC(OCC)[C@@H]1CCCN1. The minimum Gasteiger partial charge on any atom is -0.351 e. The summed E-state index contributed by atoms with van der Waals surface area (Å²) in [7, 11) is 0. The van der Waals surface area contributed by atoms with Gasteiger partial charge >= 0.3 is 0 Å². The van der Waals surface area contributed by atoms with Crippen molar-refractivity contribution in [2.75, 3.05) is 19.8 Å². The minimum absolute atomic E-state index is 0.0394. The van der Waals surface area contributed by atoms with E-state index in [0.29, 0.717) is 6.04 Å². The molecule has 1 saturated heterocycles. The molecule has 1 rings (SSSR count). The molecule has 3 nitrogen and oxygen atoms in total. The fourth-order valence-electron chi connectivity index (χ4n) is 1.55. The van der Waals surface area contributed by atoms with Gasteiger partial charge in [-0.05, 0) is 33.2 Å². The average Bonchev–Trinajstić information content (AvgIpc) is 2.56. The molecule has 12 heavy (non-hydrogen) atoms. The molecular formula is C9H19NO2. The molecule has 72 valence electrons. The second-order valence-electron chi connectivity index (χ2n) is 2.98. The second-order valence-corrected chi connectivity index (χ2v) is 2.98. The highest BCUT2D eigenvalue weighted by Gasteiger charge is 2.24. The lowest BCUT2D eigenvalue weighted by Crippen LogP contribution is -2.38. The molecule has 1 atom stereocenters. The monoisotopic (exact) mass is 173 g/mol. The molecule has 0 radical (unpaired) electrons. The quantitative estimate of drug-likeness (QED) is 0.632. The predicted octanol–water partition coefficient (Wildman–Crippen LogP) is 1.14. The summed E-state index contributed by atoms with van der Waals surface area (Å²) >= 11 is 0. The summed E-state index contributed by atoms with van der Waals surface area (Å²) in [6, 6.07) is 0.407. The van der Waals surface area contributed by atoms with Gasteiger partial charge in [-0.3, -0.25) is 0 Å². The Morgan fingerprint density at radius 2 is 2.00 bits per heavy atom. The molecule has 0 aromatic heterocycles. The van der Waals surface area contributed by atoms with Gasteiger partial charge in [-0.2, -0.15) is 0 Å². The topological polar surface area (TPSA) is 30.5 Å². The normalized spacial score (nSPS) is 23.8. The van der Waals surface area contributed by atoms with Crippen molar-refractivity contribution in [1.82, 2.24) is 5.32 Å². The minimum atomic E-state index is -0.0394. The van der Waals surface area contributed by atoms with Crippen molar-refractivity contribution in [2.45, 2.75) is 39.0 Å². The Morgan fingerprint density at radius 3 is 2.42 bits per heavy atom. The molecule has 0 bridgehead atoms. The lowest BCUT2D eigenvalue weighted by Gasteiger charge is -2.22. The van der Waals surface area contributed by atoms with E-state index in [1.165, 1.54) is 12.8 Å². The molecule has 0 aromatic rings. The van der Waals surface area contributed by atoms with E-state index in [2.05, 4.69) is 5.32 Å². The molecule has 1 aliphatic heterocycles. The van der Waals surface area contributed by atoms with Crippen LogP contribution in [0.2, 0.25) is 0 Å². The lowest BCUT2D eigenvalue weighted by molar-refractivity contribution is -0.151. The van der Waals surface area contributed by atoms with E-state index in [1.807, 2.05) is 13.8 Å². The third kappa shape index (κ3) is 2.73. The molecular weight excluding hydrogens is 154 g/mol. The number of ether oxygens (including phenoxy) is 2. The largest absolute Gasteiger partial charge is 0.351 e. The van der Waals surface area contributed by atoms with Crippen LogP contribution in [0.1, 0.15) is 26.7 Å². The Kier molecular flexibility index (Phi) is 4.58. The van der Waals surface area contributed by atoms with Gasteiger partial charge in [-0.25, -0.2) is 0 Å². The Morgan fingerprint density at radius 1 is 1.33 bits per heavy atom. The van der Waals surface area contributed by atoms with Gasteiger partial charge in [0.1, 0.15) is 0 Å². The van der Waals surface area contributed by atoms with Gasteiger partial charge in [-0.15, -0.1) is 0 Å². The lowest BCUT2D eigenvalue weighted by atomic mass is 10.2. The van der Waals surface area contributed by atoms with Gasteiger partial charge in [-0.1, -0.05) is 0 Å². The Balaban J connectivity index is 2.29. The highest BCUT2D eigenvalue weighted by molar-refractivity contribution is 4.77. The Labute approximate surface area is 74.4 Å². The molecule has 0 amide bonds. The molecule has 1 fully saturated rings. The van der Waals surface area contributed by atoms with Crippen molar-refractivity contribution in [3.63, 3.8) is 0 Å². The van der Waals surface area contributed by atoms with Crippen molar-refractivity contribution in [1.29, 1.82) is 0 Å². The van der Waals surface area contributed by atoms with E-state index in [4.69, 9.17) is 9.47 Å². The summed E-state index contributed by atoms with van der Waals surface area (Å²) in [5.41, 5.74) is 0. The van der Waals surface area contributed by atoms with Gasteiger partial charge < -0.3 is 14.8 Å². The van der Waals surface area contributed by atoms with Gasteiger partial charge in [0.25, 0.3) is 0 Å². The third-order valence-electron chi connectivity index (χ3n) is 2.09. The van der Waals surface area contributed by atoms with Gasteiger partial charge in [0.2, 0.25) is 0 Å². The molecule has 1 heterocycles. The zero-order chi connectivity index (χ0) is 8.81. The fraction of sp³-hybridized carbons (Fsp3) is 1.00. The van der Waals surface area contributed by atoms with Crippen LogP contribution in [-0.2, 0) is 9.47 Å². The Hall–Kier alpha value is -0.120. The van der Waals surface area contributed by atoms with Crippen LogP contribution < -0.4 is 5.32 Å². The van der Waals surface area contributed by atoms with Crippen LogP contribution in [0, 0.1) is 0 Å². The van der Waals surface area contributed by atoms with Crippen LogP contribution in [0.25, 0.3) is 0 Å². The van der Waals surface area contributed by atoms with Crippen LogP contribution in [0.5, 0.6) is 0 Å². The maximum absolute atomic E-state index is 5.48.